The molecule has 1 aromatic heterocycles. The first-order chi connectivity index (χ1) is 11.5. The van der Waals surface area contributed by atoms with Crippen LogP contribution in [-0.2, 0) is 4.74 Å². The second kappa shape index (κ2) is 6.37. The predicted molar refractivity (Wildman–Crippen MR) is 93.8 cm³/mol. The molecular weight excluding hydrogens is 328 g/mol. The molecule has 5 nitrogen and oxygen atoms in total. The minimum absolute atomic E-state index is 0.296. The molecular formula is C18H15ClN2O3. The summed E-state index contributed by atoms with van der Waals surface area (Å²) >= 11 is 6.02. The van der Waals surface area contributed by atoms with Crippen LogP contribution in [0.15, 0.2) is 42.5 Å². The van der Waals surface area contributed by atoms with Gasteiger partial charge >= 0.3 is 5.97 Å². The van der Waals surface area contributed by atoms with Gasteiger partial charge in [-0.3, -0.25) is 4.79 Å². The lowest BCUT2D eigenvalue weighted by atomic mass is 10.1. The second-order valence-electron chi connectivity index (χ2n) is 5.31. The third-order valence-corrected chi connectivity index (χ3v) is 4.06. The Morgan fingerprint density at radius 3 is 2.67 bits per heavy atom. The topological polar surface area (TPSA) is 71.2 Å². The van der Waals surface area contributed by atoms with E-state index in [1.165, 1.54) is 7.11 Å². The number of aromatic amines is 1. The molecule has 0 saturated heterocycles. The summed E-state index contributed by atoms with van der Waals surface area (Å²) in [6.07, 6.45) is 0. The van der Waals surface area contributed by atoms with Crippen molar-refractivity contribution < 1.29 is 14.3 Å². The van der Waals surface area contributed by atoms with Crippen molar-refractivity contribution in [2.45, 2.75) is 6.92 Å². The largest absolute Gasteiger partial charge is 0.465 e. The van der Waals surface area contributed by atoms with Crippen LogP contribution >= 0.6 is 11.6 Å². The van der Waals surface area contributed by atoms with Crippen LogP contribution in [0.25, 0.3) is 10.9 Å². The zero-order chi connectivity index (χ0) is 17.3. The minimum Gasteiger partial charge on any atom is -0.465 e. The van der Waals surface area contributed by atoms with Crippen molar-refractivity contribution >= 4 is 40.1 Å². The Kier molecular flexibility index (Phi) is 4.27. The summed E-state index contributed by atoms with van der Waals surface area (Å²) in [5.41, 5.74) is 2.73. The molecule has 3 aromatic rings. The zero-order valence-electron chi connectivity index (χ0n) is 13.1. The van der Waals surface area contributed by atoms with E-state index in [1.807, 2.05) is 19.1 Å². The van der Waals surface area contributed by atoms with Gasteiger partial charge in [0, 0.05) is 15.9 Å². The van der Waals surface area contributed by atoms with Crippen LogP contribution in [0.2, 0.25) is 5.02 Å². The molecule has 0 fully saturated rings. The Labute approximate surface area is 143 Å². The number of ether oxygens (including phenoxy) is 1. The maximum atomic E-state index is 12.6. The zero-order valence-corrected chi connectivity index (χ0v) is 13.9. The molecule has 0 aliphatic carbocycles. The lowest BCUT2D eigenvalue weighted by molar-refractivity contribution is 0.0602. The molecule has 0 bridgehead atoms. The molecule has 0 aliphatic heterocycles. The van der Waals surface area contributed by atoms with Crippen LogP contribution in [-0.4, -0.2) is 24.0 Å². The van der Waals surface area contributed by atoms with Crippen molar-refractivity contribution in [3.8, 4) is 0 Å². The van der Waals surface area contributed by atoms with E-state index in [0.29, 0.717) is 22.0 Å². The van der Waals surface area contributed by atoms with Gasteiger partial charge < -0.3 is 15.0 Å². The van der Waals surface area contributed by atoms with Crippen LogP contribution < -0.4 is 5.32 Å². The number of nitrogens with one attached hydrogen (secondary N) is 2. The number of para-hydroxylation sites is 1. The normalized spacial score (nSPS) is 10.6. The van der Waals surface area contributed by atoms with E-state index in [-0.39, 0.29) is 5.91 Å². The fourth-order valence-corrected chi connectivity index (χ4v) is 2.76. The fourth-order valence-electron chi connectivity index (χ4n) is 2.59. The lowest BCUT2D eigenvalue weighted by Gasteiger charge is -2.09. The molecule has 0 radical (unpaired) electrons. The van der Waals surface area contributed by atoms with Gasteiger partial charge in [-0.1, -0.05) is 23.7 Å². The van der Waals surface area contributed by atoms with Crippen molar-refractivity contribution in [3.05, 3.63) is 64.3 Å². The standard InChI is InChI=1S/C18H15ClN2O3/c1-10-13-9-11(19)7-8-15(13)20-16(10)17(22)21-14-6-4-3-5-12(14)18(23)24-2/h3-9,20H,1-2H3,(H,21,22). The molecule has 0 spiro atoms. The highest BCUT2D eigenvalue weighted by Crippen LogP contribution is 2.26. The van der Waals surface area contributed by atoms with E-state index in [2.05, 4.69) is 10.3 Å². The lowest BCUT2D eigenvalue weighted by Crippen LogP contribution is -2.16. The average Bonchev–Trinajstić information content (AvgIpc) is 2.91. The maximum Gasteiger partial charge on any atom is 0.339 e. The summed E-state index contributed by atoms with van der Waals surface area (Å²) in [6, 6.07) is 12.1. The van der Waals surface area contributed by atoms with Gasteiger partial charge in [0.25, 0.3) is 5.91 Å². The number of anilines is 1. The highest BCUT2D eigenvalue weighted by Gasteiger charge is 2.18. The highest BCUT2D eigenvalue weighted by molar-refractivity contribution is 6.31. The first-order valence-electron chi connectivity index (χ1n) is 7.27. The van der Waals surface area contributed by atoms with Crippen LogP contribution in [0, 0.1) is 6.92 Å². The molecule has 0 unspecified atom stereocenters. The number of carbonyl (C=O) groups is 2. The molecule has 2 N–H and O–H groups in total. The predicted octanol–water partition coefficient (Wildman–Crippen LogP) is 4.17. The van der Waals surface area contributed by atoms with Crippen molar-refractivity contribution in [2.24, 2.45) is 0 Å². The Morgan fingerprint density at radius 2 is 1.92 bits per heavy atom. The summed E-state index contributed by atoms with van der Waals surface area (Å²) in [4.78, 5) is 27.5. The number of aromatic nitrogens is 1. The third kappa shape index (κ3) is 2.86. The molecule has 3 rings (SSSR count). The van der Waals surface area contributed by atoms with E-state index in [9.17, 15) is 9.59 Å². The van der Waals surface area contributed by atoms with E-state index < -0.39 is 5.97 Å². The van der Waals surface area contributed by atoms with E-state index in [1.54, 1.807) is 30.3 Å². The monoisotopic (exact) mass is 342 g/mol. The number of hydrogen-bond acceptors (Lipinski definition) is 3. The number of esters is 1. The van der Waals surface area contributed by atoms with E-state index >= 15 is 0 Å². The summed E-state index contributed by atoms with van der Waals surface area (Å²) in [7, 11) is 1.30. The van der Waals surface area contributed by atoms with Crippen LogP contribution in [0.5, 0.6) is 0 Å². The Balaban J connectivity index is 1.97. The molecule has 1 heterocycles. The highest BCUT2D eigenvalue weighted by atomic mass is 35.5. The average molecular weight is 343 g/mol. The van der Waals surface area contributed by atoms with E-state index in [4.69, 9.17) is 16.3 Å². The molecule has 24 heavy (non-hydrogen) atoms. The molecule has 122 valence electrons. The minimum atomic E-state index is -0.508. The first-order valence-corrected chi connectivity index (χ1v) is 7.65. The number of amides is 1. The number of H-pyrrole nitrogens is 1. The molecule has 0 saturated carbocycles. The molecule has 2 aromatic carbocycles. The number of methoxy groups -OCH3 is 1. The SMILES string of the molecule is COC(=O)c1ccccc1NC(=O)c1[nH]c2ccc(Cl)cc2c1C. The van der Waals surface area contributed by atoms with Crippen molar-refractivity contribution in [3.63, 3.8) is 0 Å². The Morgan fingerprint density at radius 1 is 1.17 bits per heavy atom. The number of halogens is 1. The Bertz CT molecular complexity index is 947. The van der Waals surface area contributed by atoms with Gasteiger partial charge in [0.15, 0.2) is 0 Å². The number of rotatable bonds is 3. The number of fused-ring (bicyclic) bond motifs is 1. The van der Waals surface area contributed by atoms with Crippen LogP contribution in [0.4, 0.5) is 5.69 Å². The van der Waals surface area contributed by atoms with Gasteiger partial charge in [0.1, 0.15) is 5.69 Å². The third-order valence-electron chi connectivity index (χ3n) is 3.83. The first kappa shape index (κ1) is 16.1. The molecule has 6 heteroatoms. The van der Waals surface area contributed by atoms with Gasteiger partial charge in [-0.05, 0) is 42.8 Å². The molecule has 0 atom stereocenters. The number of hydrogen-bond donors (Lipinski definition) is 2. The van der Waals surface area contributed by atoms with Crippen molar-refractivity contribution in [1.29, 1.82) is 0 Å². The summed E-state index contributed by atoms with van der Waals surface area (Å²) in [6.45, 7) is 1.84. The Hall–Kier alpha value is -2.79. The second-order valence-corrected chi connectivity index (χ2v) is 5.74. The van der Waals surface area contributed by atoms with Crippen molar-refractivity contribution in [2.75, 3.05) is 12.4 Å². The van der Waals surface area contributed by atoms with Gasteiger partial charge in [0.05, 0.1) is 18.4 Å². The number of aryl methyl sites for hydroxylation is 1. The fraction of sp³-hybridized carbons (Fsp3) is 0.111. The summed E-state index contributed by atoms with van der Waals surface area (Å²) < 4.78 is 4.74. The van der Waals surface area contributed by atoms with Crippen LogP contribution in [0.3, 0.4) is 0 Å². The maximum absolute atomic E-state index is 12.6. The van der Waals surface area contributed by atoms with E-state index in [0.717, 1.165) is 16.5 Å². The molecule has 1 amide bonds. The van der Waals surface area contributed by atoms with Crippen LogP contribution in [0.1, 0.15) is 26.4 Å². The molecule has 0 aliphatic rings. The van der Waals surface area contributed by atoms with Gasteiger partial charge in [-0.25, -0.2) is 4.79 Å². The number of benzene rings is 2. The van der Waals surface area contributed by atoms with Crippen molar-refractivity contribution in [1.82, 2.24) is 4.98 Å². The smallest absolute Gasteiger partial charge is 0.339 e. The summed E-state index contributed by atoms with van der Waals surface area (Å²) in [5.74, 6) is -0.845. The summed E-state index contributed by atoms with van der Waals surface area (Å²) in [5, 5.41) is 4.24. The van der Waals surface area contributed by atoms with Gasteiger partial charge in [0.2, 0.25) is 0 Å². The number of carbonyl (C=O) groups excluding carboxylic acids is 2. The van der Waals surface area contributed by atoms with Gasteiger partial charge in [-0.15, -0.1) is 0 Å². The quantitative estimate of drug-likeness (QED) is 0.702. The van der Waals surface area contributed by atoms with Gasteiger partial charge in [-0.2, -0.15) is 0 Å².